The Balaban J connectivity index is 1.33. The zero-order valence-corrected chi connectivity index (χ0v) is 20.8. The number of hydrogen-bond donors (Lipinski definition) is 1. The Morgan fingerprint density at radius 1 is 1.11 bits per heavy atom. The molecule has 0 bridgehead atoms. The molecule has 0 radical (unpaired) electrons. The van der Waals surface area contributed by atoms with Crippen molar-refractivity contribution >= 4 is 12.0 Å². The Hall–Kier alpha value is -2.70. The Kier molecular flexibility index (Phi) is 6.94. The first-order valence-corrected chi connectivity index (χ1v) is 13.1. The van der Waals surface area contributed by atoms with Crippen LogP contribution in [0.2, 0.25) is 0 Å². The van der Waals surface area contributed by atoms with Gasteiger partial charge in [0.05, 0.1) is 12.1 Å². The summed E-state index contributed by atoms with van der Waals surface area (Å²) in [6.45, 7) is 6.79. The Labute approximate surface area is 207 Å². The number of likely N-dealkylation sites (N-methyl/N-ethyl adjacent to an activating group) is 1. The largest absolute Gasteiger partial charge is 0.396 e. The number of nitrogens with zero attached hydrogens (tertiary/aromatic N) is 3. The van der Waals surface area contributed by atoms with E-state index < -0.39 is 0 Å². The van der Waals surface area contributed by atoms with Gasteiger partial charge in [-0.15, -0.1) is 0 Å². The third-order valence-electron chi connectivity index (χ3n) is 8.48. The first-order chi connectivity index (χ1) is 17.1. The number of likely N-dealkylation sites (tertiary alicyclic amines) is 2. The molecule has 6 heteroatoms. The van der Waals surface area contributed by atoms with Crippen LogP contribution in [0.3, 0.4) is 0 Å². The van der Waals surface area contributed by atoms with Crippen LogP contribution in [0.5, 0.6) is 0 Å². The molecule has 1 amide bonds. The van der Waals surface area contributed by atoms with Gasteiger partial charge < -0.3 is 14.6 Å². The predicted molar refractivity (Wildman–Crippen MR) is 138 cm³/mol. The number of rotatable bonds is 6. The lowest BCUT2D eigenvalue weighted by molar-refractivity contribution is -0.139. The lowest BCUT2D eigenvalue weighted by Crippen LogP contribution is -2.52. The van der Waals surface area contributed by atoms with Gasteiger partial charge in [-0.1, -0.05) is 49.4 Å². The normalized spacial score (nSPS) is 26.9. The first-order valence-electron chi connectivity index (χ1n) is 13.1. The quantitative estimate of drug-likeness (QED) is 0.696. The predicted octanol–water partition coefficient (Wildman–Crippen LogP) is 3.35. The summed E-state index contributed by atoms with van der Waals surface area (Å²) in [5.74, 6) is 0.653. The van der Waals surface area contributed by atoms with E-state index in [1.807, 2.05) is 40.7 Å². The highest BCUT2D eigenvalue weighted by molar-refractivity contribution is 5.83. The number of aliphatic hydroxyl groups excluding tert-OH is 1. The average Bonchev–Trinajstić information content (AvgIpc) is 3.41. The van der Waals surface area contributed by atoms with Crippen LogP contribution in [0, 0.1) is 17.8 Å². The summed E-state index contributed by atoms with van der Waals surface area (Å²) in [4.78, 5) is 31.2. The van der Waals surface area contributed by atoms with Crippen LogP contribution >= 0.6 is 0 Å². The second-order valence-electron chi connectivity index (χ2n) is 10.3. The zero-order valence-electron chi connectivity index (χ0n) is 20.8. The van der Waals surface area contributed by atoms with Crippen molar-refractivity contribution in [3.05, 3.63) is 75.7 Å². The Bertz CT molecular complexity index is 1130. The molecule has 0 unspecified atom stereocenters. The number of amides is 1. The molecule has 1 aromatic heterocycles. The molecule has 0 aliphatic carbocycles. The summed E-state index contributed by atoms with van der Waals surface area (Å²) in [6.07, 6.45) is 6.83. The van der Waals surface area contributed by atoms with Gasteiger partial charge in [-0.2, -0.15) is 0 Å². The maximum absolute atomic E-state index is 13.8. The Morgan fingerprint density at radius 2 is 1.86 bits per heavy atom. The van der Waals surface area contributed by atoms with Gasteiger partial charge in [-0.3, -0.25) is 14.5 Å². The van der Waals surface area contributed by atoms with Crippen molar-refractivity contribution in [1.82, 2.24) is 14.4 Å². The van der Waals surface area contributed by atoms with Crippen molar-refractivity contribution in [2.75, 3.05) is 26.2 Å². The van der Waals surface area contributed by atoms with Gasteiger partial charge in [0.25, 0.3) is 5.56 Å². The highest BCUT2D eigenvalue weighted by Gasteiger charge is 2.55. The van der Waals surface area contributed by atoms with E-state index in [-0.39, 0.29) is 42.0 Å². The number of fused-ring (bicyclic) bond motifs is 3. The molecule has 2 aromatic rings. The second kappa shape index (κ2) is 10.1. The lowest BCUT2D eigenvalue weighted by Gasteiger charge is -2.37. The molecule has 1 aromatic carbocycles. The van der Waals surface area contributed by atoms with E-state index in [9.17, 15) is 14.7 Å². The monoisotopic (exact) mass is 475 g/mol. The van der Waals surface area contributed by atoms with Gasteiger partial charge in [0.1, 0.15) is 0 Å². The van der Waals surface area contributed by atoms with E-state index in [1.54, 1.807) is 0 Å². The van der Waals surface area contributed by atoms with Crippen molar-refractivity contribution in [1.29, 1.82) is 0 Å². The van der Waals surface area contributed by atoms with Gasteiger partial charge >= 0.3 is 0 Å². The highest BCUT2D eigenvalue weighted by atomic mass is 16.3. The van der Waals surface area contributed by atoms with Crippen molar-refractivity contribution in [3.63, 3.8) is 0 Å². The van der Waals surface area contributed by atoms with Crippen LogP contribution in [0.4, 0.5) is 0 Å². The minimum atomic E-state index is -0.329. The van der Waals surface area contributed by atoms with Crippen molar-refractivity contribution < 1.29 is 9.90 Å². The number of allylic oxidation sites excluding steroid dienone is 1. The third-order valence-corrected chi connectivity index (χ3v) is 8.48. The number of hydrogen-bond acceptors (Lipinski definition) is 4. The molecule has 186 valence electrons. The summed E-state index contributed by atoms with van der Waals surface area (Å²) < 4.78 is 1.87. The molecule has 35 heavy (non-hydrogen) atoms. The van der Waals surface area contributed by atoms with Gasteiger partial charge in [-0.05, 0) is 56.3 Å². The number of carbonyl (C=O) groups is 1. The van der Waals surface area contributed by atoms with Crippen LogP contribution in [0.15, 0.2) is 53.3 Å². The highest BCUT2D eigenvalue weighted by Crippen LogP contribution is 2.49. The molecule has 3 aliphatic heterocycles. The number of pyridine rings is 1. The fraction of sp³-hybridized carbons (Fsp3) is 0.517. The number of carbonyl (C=O) groups excluding carboxylic acids is 1. The smallest absolute Gasteiger partial charge is 0.258 e. The fourth-order valence-corrected chi connectivity index (χ4v) is 6.78. The molecular weight excluding hydrogens is 438 g/mol. The number of aliphatic hydroxyl groups is 1. The average molecular weight is 476 g/mol. The number of aromatic nitrogens is 1. The molecule has 4 heterocycles. The van der Waals surface area contributed by atoms with E-state index >= 15 is 0 Å². The molecule has 1 N–H and O–H groups in total. The molecule has 0 spiro atoms. The summed E-state index contributed by atoms with van der Waals surface area (Å²) in [7, 11) is 0. The molecule has 2 fully saturated rings. The molecule has 5 rings (SSSR count). The summed E-state index contributed by atoms with van der Waals surface area (Å²) in [5, 5.41) is 10.4. The van der Waals surface area contributed by atoms with Crippen LogP contribution in [-0.4, -0.2) is 57.7 Å². The molecule has 6 nitrogen and oxygen atoms in total. The van der Waals surface area contributed by atoms with E-state index in [4.69, 9.17) is 0 Å². The maximum atomic E-state index is 13.8. The summed E-state index contributed by atoms with van der Waals surface area (Å²) in [5.41, 5.74) is 3.05. The maximum Gasteiger partial charge on any atom is 0.258 e. The molecule has 3 aliphatic rings. The van der Waals surface area contributed by atoms with Crippen LogP contribution in [0.1, 0.15) is 49.6 Å². The topological polar surface area (TPSA) is 65.8 Å². The van der Waals surface area contributed by atoms with Crippen molar-refractivity contribution in [3.8, 4) is 0 Å². The SMILES string of the molecule is C/C=C/c1ccc2n(c1=O)C[C@@H]1[C@@H](CO)[C@H](C(=O)N3CCC(Cc4ccccc4)CC3)N(CC)[C@H]21. The lowest BCUT2D eigenvalue weighted by atomic mass is 9.86. The Morgan fingerprint density at radius 3 is 2.51 bits per heavy atom. The van der Waals surface area contributed by atoms with Crippen LogP contribution in [-0.2, 0) is 17.8 Å². The number of piperidine rings is 1. The van der Waals surface area contributed by atoms with E-state index in [0.29, 0.717) is 24.6 Å². The van der Waals surface area contributed by atoms with Crippen LogP contribution in [0.25, 0.3) is 6.08 Å². The van der Waals surface area contributed by atoms with Crippen molar-refractivity contribution in [2.45, 2.75) is 51.7 Å². The molecule has 0 saturated carbocycles. The van der Waals surface area contributed by atoms with E-state index in [2.05, 4.69) is 42.2 Å². The van der Waals surface area contributed by atoms with Gasteiger partial charge in [0, 0.05) is 49.3 Å². The van der Waals surface area contributed by atoms with E-state index in [1.165, 1.54) is 5.56 Å². The molecule has 2 saturated heterocycles. The standard InChI is InChI=1S/C29H37N3O3/c1-3-8-22-11-12-25-26-23(18-32(25)28(22)34)24(19-33)27(31(26)4-2)29(35)30-15-13-21(14-16-30)17-20-9-6-5-7-10-20/h3,5-12,21,23-24,26-27,33H,4,13-19H2,1-2H3/b8-3+/t23-,24-,26+,27-/m1/s1. The van der Waals surface area contributed by atoms with E-state index in [0.717, 1.165) is 38.0 Å². The summed E-state index contributed by atoms with van der Waals surface area (Å²) >= 11 is 0. The minimum Gasteiger partial charge on any atom is -0.396 e. The molecule has 4 atom stereocenters. The van der Waals surface area contributed by atoms with Crippen LogP contribution < -0.4 is 5.56 Å². The third kappa shape index (κ3) is 4.27. The minimum absolute atomic E-state index is 0.00549. The summed E-state index contributed by atoms with van der Waals surface area (Å²) in [6, 6.07) is 14.2. The van der Waals surface area contributed by atoms with Gasteiger partial charge in [0.2, 0.25) is 5.91 Å². The second-order valence-corrected chi connectivity index (χ2v) is 10.3. The van der Waals surface area contributed by atoms with Crippen molar-refractivity contribution in [2.24, 2.45) is 17.8 Å². The van der Waals surface area contributed by atoms with Gasteiger partial charge in [-0.25, -0.2) is 0 Å². The molecular formula is C29H37N3O3. The van der Waals surface area contributed by atoms with Gasteiger partial charge in [0.15, 0.2) is 0 Å². The zero-order chi connectivity index (χ0) is 24.5. The number of benzene rings is 1. The first kappa shape index (κ1) is 24.0. The fourth-order valence-electron chi connectivity index (χ4n) is 6.78.